The highest BCUT2D eigenvalue weighted by Gasteiger charge is 2.53. The highest BCUT2D eigenvalue weighted by Crippen LogP contribution is 2.44. The van der Waals surface area contributed by atoms with Crippen molar-refractivity contribution in [2.24, 2.45) is 5.92 Å². The maximum atomic E-state index is 12.3. The van der Waals surface area contributed by atoms with Crippen molar-refractivity contribution in [1.82, 2.24) is 4.90 Å². The fourth-order valence-electron chi connectivity index (χ4n) is 2.47. The second kappa shape index (κ2) is 4.45. The second-order valence-corrected chi connectivity index (χ2v) is 7.24. The molecule has 0 aromatic heterocycles. The van der Waals surface area contributed by atoms with Crippen LogP contribution < -0.4 is 0 Å². The molecule has 1 aliphatic carbocycles. The van der Waals surface area contributed by atoms with E-state index in [4.69, 9.17) is 0 Å². The number of benzene rings is 1. The summed E-state index contributed by atoms with van der Waals surface area (Å²) in [5.74, 6) is 0.439. The minimum absolute atomic E-state index is 0.0195. The zero-order valence-corrected chi connectivity index (χ0v) is 13.4. The molecule has 1 saturated carbocycles. The summed E-state index contributed by atoms with van der Waals surface area (Å²) in [6, 6.07) is 5.69. The lowest BCUT2D eigenvalue weighted by atomic mass is 9.88. The number of hydrogen-bond acceptors (Lipinski definition) is 2. The third-order valence-corrected chi connectivity index (χ3v) is 5.15. The predicted octanol–water partition coefficient (Wildman–Crippen LogP) is 2.65. The van der Waals surface area contributed by atoms with Crippen LogP contribution in [0.5, 0.6) is 0 Å². The molecule has 1 aromatic rings. The average molecular weight is 422 g/mol. The van der Waals surface area contributed by atoms with E-state index in [1.165, 1.54) is 0 Å². The molecule has 1 aliphatic heterocycles. The highest BCUT2D eigenvalue weighted by molar-refractivity contribution is 14.1. The number of β-amino-alcohol motifs (C(OH)–C–C–N with tert-alkyl or cyclic N) is 1. The van der Waals surface area contributed by atoms with E-state index in [1.54, 1.807) is 4.90 Å². The van der Waals surface area contributed by atoms with Gasteiger partial charge in [0, 0.05) is 8.04 Å². The topological polar surface area (TPSA) is 40.5 Å². The lowest BCUT2D eigenvalue weighted by Gasteiger charge is -2.47. The van der Waals surface area contributed by atoms with E-state index < -0.39 is 5.60 Å². The van der Waals surface area contributed by atoms with Crippen LogP contribution in [0.15, 0.2) is 22.7 Å². The molecule has 5 heteroatoms. The molecule has 1 aromatic carbocycles. The minimum Gasteiger partial charge on any atom is -0.386 e. The van der Waals surface area contributed by atoms with E-state index in [-0.39, 0.29) is 5.91 Å². The number of hydrogen-bond donors (Lipinski definition) is 1. The Morgan fingerprint density at radius 2 is 2.11 bits per heavy atom. The van der Waals surface area contributed by atoms with Crippen LogP contribution in [0.25, 0.3) is 0 Å². The Bertz CT molecular complexity index is 510. The van der Waals surface area contributed by atoms with E-state index in [2.05, 4.69) is 38.5 Å². The Morgan fingerprint density at radius 1 is 1.44 bits per heavy atom. The molecule has 3 rings (SSSR count). The first-order valence-corrected chi connectivity index (χ1v) is 7.83. The smallest absolute Gasteiger partial charge is 0.255 e. The molecule has 3 nitrogen and oxygen atoms in total. The molecular formula is C13H13BrINO2. The Labute approximate surface area is 128 Å². The van der Waals surface area contributed by atoms with E-state index >= 15 is 0 Å². The van der Waals surface area contributed by atoms with Gasteiger partial charge >= 0.3 is 0 Å². The quantitative estimate of drug-likeness (QED) is 0.746. The first-order chi connectivity index (χ1) is 8.49. The van der Waals surface area contributed by atoms with Crippen molar-refractivity contribution in [3.8, 4) is 0 Å². The fourth-order valence-corrected chi connectivity index (χ4v) is 3.40. The van der Waals surface area contributed by atoms with Gasteiger partial charge in [0.1, 0.15) is 5.60 Å². The molecular weight excluding hydrogens is 409 g/mol. The summed E-state index contributed by atoms with van der Waals surface area (Å²) < 4.78 is 1.85. The van der Waals surface area contributed by atoms with Crippen LogP contribution in [0.4, 0.5) is 0 Å². The van der Waals surface area contributed by atoms with Crippen molar-refractivity contribution in [3.05, 3.63) is 31.8 Å². The first kappa shape index (κ1) is 12.9. The predicted molar refractivity (Wildman–Crippen MR) is 80.4 cm³/mol. The number of likely N-dealkylation sites (tertiary alicyclic amines) is 1. The molecule has 96 valence electrons. The van der Waals surface area contributed by atoms with Crippen molar-refractivity contribution in [1.29, 1.82) is 0 Å². The van der Waals surface area contributed by atoms with Crippen molar-refractivity contribution in [2.45, 2.75) is 18.4 Å². The zero-order valence-electron chi connectivity index (χ0n) is 9.70. The summed E-state index contributed by atoms with van der Waals surface area (Å²) in [6.07, 6.45) is 2.21. The van der Waals surface area contributed by atoms with Gasteiger partial charge in [-0.05, 0) is 59.5 Å². The second-order valence-electron chi connectivity index (χ2n) is 5.16. The molecule has 0 spiro atoms. The molecule has 1 amide bonds. The Balaban J connectivity index is 1.74. The van der Waals surface area contributed by atoms with Crippen LogP contribution in [0.2, 0.25) is 0 Å². The normalized spacial score (nSPS) is 21.6. The van der Waals surface area contributed by atoms with E-state index in [0.29, 0.717) is 24.6 Å². The van der Waals surface area contributed by atoms with Crippen molar-refractivity contribution in [2.75, 3.05) is 13.1 Å². The molecule has 0 radical (unpaired) electrons. The molecule has 1 N–H and O–H groups in total. The van der Waals surface area contributed by atoms with Crippen LogP contribution in [0.3, 0.4) is 0 Å². The first-order valence-electron chi connectivity index (χ1n) is 5.96. The van der Waals surface area contributed by atoms with Gasteiger partial charge in [-0.15, -0.1) is 0 Å². The zero-order chi connectivity index (χ0) is 12.9. The lowest BCUT2D eigenvalue weighted by molar-refractivity contribution is -0.0958. The maximum Gasteiger partial charge on any atom is 0.255 e. The molecule has 2 aliphatic rings. The van der Waals surface area contributed by atoms with Gasteiger partial charge in [-0.25, -0.2) is 0 Å². The van der Waals surface area contributed by atoms with Gasteiger partial charge in [-0.3, -0.25) is 4.79 Å². The van der Waals surface area contributed by atoms with Crippen molar-refractivity contribution < 1.29 is 9.90 Å². The summed E-state index contributed by atoms with van der Waals surface area (Å²) in [6.45, 7) is 0.970. The summed E-state index contributed by atoms with van der Waals surface area (Å²) in [5, 5.41) is 10.2. The number of aliphatic hydroxyl groups is 1. The van der Waals surface area contributed by atoms with Gasteiger partial charge in [0.25, 0.3) is 5.91 Å². The minimum atomic E-state index is -0.604. The number of nitrogens with zero attached hydrogens (tertiary/aromatic N) is 1. The lowest BCUT2D eigenvalue weighted by Crippen LogP contribution is -2.64. The summed E-state index contributed by atoms with van der Waals surface area (Å²) in [7, 11) is 0. The van der Waals surface area contributed by atoms with Crippen molar-refractivity contribution in [3.63, 3.8) is 0 Å². The van der Waals surface area contributed by atoms with Crippen LogP contribution in [0, 0.1) is 9.49 Å². The number of carbonyl (C=O) groups excluding carboxylic acids is 1. The van der Waals surface area contributed by atoms with E-state index in [1.807, 2.05) is 18.2 Å². The number of carbonyl (C=O) groups is 1. The molecule has 0 unspecified atom stereocenters. The Morgan fingerprint density at radius 3 is 2.72 bits per heavy atom. The van der Waals surface area contributed by atoms with Crippen molar-refractivity contribution >= 4 is 44.4 Å². The Kier molecular flexibility index (Phi) is 3.18. The largest absolute Gasteiger partial charge is 0.386 e. The molecule has 18 heavy (non-hydrogen) atoms. The molecule has 2 fully saturated rings. The Hall–Kier alpha value is -0.140. The molecule has 1 saturated heterocycles. The fraction of sp³-hybridized carbons (Fsp3) is 0.462. The number of rotatable bonds is 2. The molecule has 0 atom stereocenters. The number of halogens is 2. The summed E-state index contributed by atoms with van der Waals surface area (Å²) >= 11 is 5.56. The standard InChI is InChI=1S/C13H13BrINO2/c14-9-3-4-11(15)10(5-9)12(17)16-6-13(18,7-16)8-1-2-8/h3-5,8,18H,1-2,6-7H2. The van der Waals surface area contributed by atoms with E-state index in [0.717, 1.165) is 20.9 Å². The van der Waals surface area contributed by atoms with Gasteiger partial charge in [-0.1, -0.05) is 15.9 Å². The van der Waals surface area contributed by atoms with Gasteiger partial charge < -0.3 is 10.0 Å². The molecule has 0 bridgehead atoms. The summed E-state index contributed by atoms with van der Waals surface area (Å²) in [5.41, 5.74) is 0.107. The number of amides is 1. The van der Waals surface area contributed by atoms with Crippen LogP contribution >= 0.6 is 38.5 Å². The van der Waals surface area contributed by atoms with Gasteiger partial charge in [-0.2, -0.15) is 0 Å². The third-order valence-electron chi connectivity index (χ3n) is 3.71. The average Bonchev–Trinajstić information content (AvgIpc) is 3.11. The van der Waals surface area contributed by atoms with Crippen LogP contribution in [-0.4, -0.2) is 34.6 Å². The van der Waals surface area contributed by atoms with Gasteiger partial charge in [0.05, 0.1) is 18.7 Å². The van der Waals surface area contributed by atoms with E-state index in [9.17, 15) is 9.90 Å². The molecule has 1 heterocycles. The maximum absolute atomic E-state index is 12.3. The SMILES string of the molecule is O=C(c1cc(Br)ccc1I)N1CC(O)(C2CC2)C1. The summed E-state index contributed by atoms with van der Waals surface area (Å²) in [4.78, 5) is 14.1. The van der Waals surface area contributed by atoms with Gasteiger partial charge in [0.15, 0.2) is 0 Å². The van der Waals surface area contributed by atoms with Crippen LogP contribution in [0.1, 0.15) is 23.2 Å². The van der Waals surface area contributed by atoms with Crippen LogP contribution in [-0.2, 0) is 0 Å². The highest BCUT2D eigenvalue weighted by atomic mass is 127. The van der Waals surface area contributed by atoms with Gasteiger partial charge in [0.2, 0.25) is 0 Å². The monoisotopic (exact) mass is 421 g/mol. The third kappa shape index (κ3) is 2.20.